The van der Waals surface area contributed by atoms with Crippen molar-refractivity contribution in [1.29, 1.82) is 0 Å². The lowest BCUT2D eigenvalue weighted by molar-refractivity contribution is -0.0325. The molecule has 1 fully saturated rings. The lowest BCUT2D eigenvalue weighted by atomic mass is 10.1. The maximum Gasteiger partial charge on any atom is 0.0700 e. The van der Waals surface area contributed by atoms with Crippen LogP contribution >= 0.6 is 0 Å². The van der Waals surface area contributed by atoms with E-state index < -0.39 is 0 Å². The number of morpholine rings is 1. The number of benzene rings is 1. The second kappa shape index (κ2) is 8.52. The first-order chi connectivity index (χ1) is 10.2. The Bertz CT molecular complexity index is 419. The van der Waals surface area contributed by atoms with E-state index in [1.807, 2.05) is 0 Å². The third kappa shape index (κ3) is 5.42. The van der Waals surface area contributed by atoms with Crippen LogP contribution in [-0.4, -0.2) is 37.2 Å². The minimum Gasteiger partial charge on any atom is -0.376 e. The molecule has 1 aromatic carbocycles. The second-order valence-corrected chi connectivity index (χ2v) is 6.43. The molecule has 3 heteroatoms. The molecular formula is C18H30N2O. The van der Waals surface area contributed by atoms with Crippen molar-refractivity contribution in [2.24, 2.45) is 5.92 Å². The van der Waals surface area contributed by atoms with Gasteiger partial charge in [0.05, 0.1) is 12.7 Å². The fourth-order valence-electron chi connectivity index (χ4n) is 2.79. The molecule has 0 amide bonds. The molecule has 0 saturated carbocycles. The highest BCUT2D eigenvalue weighted by Crippen LogP contribution is 2.15. The van der Waals surface area contributed by atoms with Crippen LogP contribution in [0.4, 0.5) is 0 Å². The Morgan fingerprint density at radius 3 is 2.76 bits per heavy atom. The molecule has 118 valence electrons. The number of rotatable bonds is 7. The summed E-state index contributed by atoms with van der Waals surface area (Å²) in [6.45, 7) is 12.8. The van der Waals surface area contributed by atoms with Gasteiger partial charge in [-0.3, -0.25) is 4.90 Å². The monoisotopic (exact) mass is 290 g/mol. The van der Waals surface area contributed by atoms with E-state index in [9.17, 15) is 0 Å². The lowest BCUT2D eigenvalue weighted by Gasteiger charge is -2.33. The number of hydrogen-bond donors (Lipinski definition) is 1. The molecule has 0 aliphatic carbocycles. The van der Waals surface area contributed by atoms with Crippen LogP contribution in [0, 0.1) is 5.92 Å². The Balaban J connectivity index is 1.92. The first-order valence-corrected chi connectivity index (χ1v) is 8.30. The highest BCUT2D eigenvalue weighted by molar-refractivity contribution is 5.27. The van der Waals surface area contributed by atoms with Crippen LogP contribution in [0.2, 0.25) is 0 Å². The molecule has 1 aliphatic heterocycles. The fourth-order valence-corrected chi connectivity index (χ4v) is 2.79. The largest absolute Gasteiger partial charge is 0.376 e. The molecule has 1 atom stereocenters. The van der Waals surface area contributed by atoms with Crippen molar-refractivity contribution in [3.8, 4) is 0 Å². The molecule has 3 nitrogen and oxygen atoms in total. The zero-order valence-electron chi connectivity index (χ0n) is 13.8. The first kappa shape index (κ1) is 16.5. The molecule has 2 rings (SSSR count). The molecule has 1 saturated heterocycles. The number of hydrogen-bond acceptors (Lipinski definition) is 3. The summed E-state index contributed by atoms with van der Waals surface area (Å²) in [6.07, 6.45) is 1.51. The Labute approximate surface area is 129 Å². The quantitative estimate of drug-likeness (QED) is 0.835. The molecule has 1 unspecified atom stereocenters. The minimum atomic E-state index is 0.407. The predicted molar refractivity (Wildman–Crippen MR) is 88.3 cm³/mol. The first-order valence-electron chi connectivity index (χ1n) is 8.30. The topological polar surface area (TPSA) is 24.5 Å². The molecule has 1 N–H and O–H groups in total. The summed E-state index contributed by atoms with van der Waals surface area (Å²) < 4.78 is 5.76. The summed E-state index contributed by atoms with van der Waals surface area (Å²) in [5.41, 5.74) is 2.88. The van der Waals surface area contributed by atoms with Crippen molar-refractivity contribution in [2.75, 3.05) is 26.2 Å². The van der Waals surface area contributed by atoms with Gasteiger partial charge in [-0.1, -0.05) is 45.0 Å². The van der Waals surface area contributed by atoms with Crippen molar-refractivity contribution in [3.63, 3.8) is 0 Å². The van der Waals surface area contributed by atoms with Gasteiger partial charge in [0.25, 0.3) is 0 Å². The number of ether oxygens (including phenoxy) is 1. The van der Waals surface area contributed by atoms with Crippen LogP contribution in [0.3, 0.4) is 0 Å². The highest BCUT2D eigenvalue weighted by atomic mass is 16.5. The average molecular weight is 290 g/mol. The SMILES string of the molecule is CCC1CN(Cc2ccccc2CNCC(C)C)CCO1. The van der Waals surface area contributed by atoms with E-state index in [0.29, 0.717) is 12.0 Å². The van der Waals surface area contributed by atoms with Gasteiger partial charge in [0.1, 0.15) is 0 Å². The Kier molecular flexibility index (Phi) is 6.68. The van der Waals surface area contributed by atoms with Gasteiger partial charge in [0.15, 0.2) is 0 Å². The van der Waals surface area contributed by atoms with Crippen molar-refractivity contribution in [3.05, 3.63) is 35.4 Å². The van der Waals surface area contributed by atoms with E-state index in [0.717, 1.165) is 45.8 Å². The molecular weight excluding hydrogens is 260 g/mol. The van der Waals surface area contributed by atoms with Crippen molar-refractivity contribution in [2.45, 2.75) is 46.4 Å². The van der Waals surface area contributed by atoms with Crippen LogP contribution in [-0.2, 0) is 17.8 Å². The van der Waals surface area contributed by atoms with Gasteiger partial charge in [-0.15, -0.1) is 0 Å². The van der Waals surface area contributed by atoms with E-state index in [4.69, 9.17) is 4.74 Å². The molecule has 1 aromatic rings. The van der Waals surface area contributed by atoms with Crippen LogP contribution < -0.4 is 5.32 Å². The lowest BCUT2D eigenvalue weighted by Crippen LogP contribution is -2.41. The summed E-state index contributed by atoms with van der Waals surface area (Å²) >= 11 is 0. The molecule has 0 spiro atoms. The Morgan fingerprint density at radius 1 is 1.29 bits per heavy atom. The summed E-state index contributed by atoms with van der Waals surface area (Å²) in [4.78, 5) is 2.53. The van der Waals surface area contributed by atoms with Crippen LogP contribution in [0.1, 0.15) is 38.3 Å². The average Bonchev–Trinajstić information content (AvgIpc) is 2.49. The van der Waals surface area contributed by atoms with Crippen LogP contribution in [0.15, 0.2) is 24.3 Å². The number of nitrogens with one attached hydrogen (secondary N) is 1. The summed E-state index contributed by atoms with van der Waals surface area (Å²) in [5.74, 6) is 0.696. The third-order valence-electron chi connectivity index (χ3n) is 4.06. The third-order valence-corrected chi connectivity index (χ3v) is 4.06. The second-order valence-electron chi connectivity index (χ2n) is 6.43. The van der Waals surface area contributed by atoms with E-state index in [1.165, 1.54) is 11.1 Å². The molecule has 0 aromatic heterocycles. The van der Waals surface area contributed by atoms with Crippen molar-refractivity contribution >= 4 is 0 Å². The van der Waals surface area contributed by atoms with Gasteiger partial charge < -0.3 is 10.1 Å². The van der Waals surface area contributed by atoms with Crippen molar-refractivity contribution in [1.82, 2.24) is 10.2 Å². The minimum absolute atomic E-state index is 0.407. The molecule has 1 aliphatic rings. The Hall–Kier alpha value is -0.900. The number of nitrogens with zero attached hydrogens (tertiary/aromatic N) is 1. The predicted octanol–water partition coefficient (Wildman–Crippen LogP) is 3.04. The van der Waals surface area contributed by atoms with Gasteiger partial charge >= 0.3 is 0 Å². The van der Waals surface area contributed by atoms with Gasteiger partial charge in [0, 0.05) is 26.2 Å². The van der Waals surface area contributed by atoms with E-state index >= 15 is 0 Å². The fraction of sp³-hybridized carbons (Fsp3) is 0.667. The maximum atomic E-state index is 5.76. The molecule has 0 radical (unpaired) electrons. The van der Waals surface area contributed by atoms with Crippen LogP contribution in [0.25, 0.3) is 0 Å². The molecule has 21 heavy (non-hydrogen) atoms. The van der Waals surface area contributed by atoms with E-state index in [1.54, 1.807) is 0 Å². The van der Waals surface area contributed by atoms with Gasteiger partial charge in [-0.25, -0.2) is 0 Å². The maximum absolute atomic E-state index is 5.76. The normalized spacial score (nSPS) is 20.1. The van der Waals surface area contributed by atoms with Gasteiger partial charge in [0.2, 0.25) is 0 Å². The Morgan fingerprint density at radius 2 is 2.05 bits per heavy atom. The smallest absolute Gasteiger partial charge is 0.0700 e. The van der Waals surface area contributed by atoms with Gasteiger partial charge in [-0.2, -0.15) is 0 Å². The van der Waals surface area contributed by atoms with E-state index in [2.05, 4.69) is 55.3 Å². The standard InChI is InChI=1S/C18H30N2O/c1-4-18-14-20(9-10-21-18)13-17-8-6-5-7-16(17)12-19-11-15(2)3/h5-8,15,18-19H,4,9-14H2,1-3H3. The summed E-state index contributed by atoms with van der Waals surface area (Å²) in [7, 11) is 0. The highest BCUT2D eigenvalue weighted by Gasteiger charge is 2.19. The zero-order chi connectivity index (χ0) is 15.1. The van der Waals surface area contributed by atoms with Gasteiger partial charge in [-0.05, 0) is 30.0 Å². The zero-order valence-corrected chi connectivity index (χ0v) is 13.8. The summed E-state index contributed by atoms with van der Waals surface area (Å²) in [5, 5.41) is 3.56. The van der Waals surface area contributed by atoms with Crippen molar-refractivity contribution < 1.29 is 4.74 Å². The van der Waals surface area contributed by atoms with Crippen LogP contribution in [0.5, 0.6) is 0 Å². The van der Waals surface area contributed by atoms with E-state index in [-0.39, 0.29) is 0 Å². The molecule has 1 heterocycles. The molecule has 0 bridgehead atoms. The summed E-state index contributed by atoms with van der Waals surface area (Å²) in [6, 6.07) is 8.81.